The van der Waals surface area contributed by atoms with Crippen LogP contribution in [0, 0.1) is 0 Å². The van der Waals surface area contributed by atoms with Gasteiger partial charge in [-0.2, -0.15) is 0 Å². The zero-order valence-corrected chi connectivity index (χ0v) is 9.70. The molecule has 0 spiro atoms. The Hall–Kier alpha value is -1.39. The van der Waals surface area contributed by atoms with Gasteiger partial charge in [0.1, 0.15) is 0 Å². The van der Waals surface area contributed by atoms with Crippen molar-refractivity contribution in [2.24, 2.45) is 0 Å². The smallest absolute Gasteiger partial charge is 0.192 e. The van der Waals surface area contributed by atoms with E-state index < -0.39 is 0 Å². The molecular formula is C11H7ClN2OS. The van der Waals surface area contributed by atoms with Crippen LogP contribution in [0.4, 0.5) is 0 Å². The average molecular weight is 251 g/mol. The minimum atomic E-state index is 0.530. The van der Waals surface area contributed by atoms with E-state index in [9.17, 15) is 4.79 Å². The SMILES string of the molecule is O=Cc1cccc(Cl)c1Sc1ncccn1. The molecule has 0 bridgehead atoms. The Kier molecular flexibility index (Phi) is 3.54. The Morgan fingerprint density at radius 2 is 1.94 bits per heavy atom. The maximum atomic E-state index is 10.9. The second-order valence-electron chi connectivity index (χ2n) is 2.91. The molecule has 0 aliphatic heterocycles. The van der Waals surface area contributed by atoms with Crippen LogP contribution in [0.2, 0.25) is 5.02 Å². The fraction of sp³-hybridized carbons (Fsp3) is 0. The third kappa shape index (κ3) is 2.40. The van der Waals surface area contributed by atoms with Crippen LogP contribution in [-0.2, 0) is 0 Å². The van der Waals surface area contributed by atoms with Gasteiger partial charge in [-0.15, -0.1) is 0 Å². The summed E-state index contributed by atoms with van der Waals surface area (Å²) in [6, 6.07) is 6.92. The lowest BCUT2D eigenvalue weighted by Crippen LogP contribution is -1.89. The van der Waals surface area contributed by atoms with Gasteiger partial charge in [-0.05, 0) is 23.9 Å². The lowest BCUT2D eigenvalue weighted by atomic mass is 10.2. The molecular weight excluding hydrogens is 244 g/mol. The zero-order chi connectivity index (χ0) is 11.4. The summed E-state index contributed by atoms with van der Waals surface area (Å²) in [5, 5.41) is 1.10. The number of rotatable bonds is 3. The van der Waals surface area contributed by atoms with E-state index in [1.165, 1.54) is 11.8 Å². The van der Waals surface area contributed by atoms with E-state index in [2.05, 4.69) is 9.97 Å². The quantitative estimate of drug-likeness (QED) is 0.620. The van der Waals surface area contributed by atoms with Crippen molar-refractivity contribution in [2.75, 3.05) is 0 Å². The summed E-state index contributed by atoms with van der Waals surface area (Å²) in [5.74, 6) is 0. The van der Waals surface area contributed by atoms with E-state index in [4.69, 9.17) is 11.6 Å². The molecule has 0 N–H and O–H groups in total. The molecule has 1 aromatic heterocycles. The van der Waals surface area contributed by atoms with E-state index in [0.29, 0.717) is 20.6 Å². The van der Waals surface area contributed by atoms with E-state index in [-0.39, 0.29) is 0 Å². The molecule has 2 aromatic rings. The maximum Gasteiger partial charge on any atom is 0.192 e. The highest BCUT2D eigenvalue weighted by molar-refractivity contribution is 7.99. The zero-order valence-electron chi connectivity index (χ0n) is 8.13. The van der Waals surface area contributed by atoms with Crippen LogP contribution in [0.3, 0.4) is 0 Å². The fourth-order valence-electron chi connectivity index (χ4n) is 1.16. The van der Waals surface area contributed by atoms with Crippen LogP contribution in [0.5, 0.6) is 0 Å². The number of hydrogen-bond acceptors (Lipinski definition) is 4. The summed E-state index contributed by atoms with van der Waals surface area (Å²) >= 11 is 7.30. The number of carbonyl (C=O) groups excluding carboxylic acids is 1. The van der Waals surface area contributed by atoms with Crippen molar-refractivity contribution < 1.29 is 4.79 Å². The molecule has 0 radical (unpaired) electrons. The van der Waals surface area contributed by atoms with Crippen LogP contribution in [0.1, 0.15) is 10.4 Å². The summed E-state index contributed by atoms with van der Waals surface area (Å²) in [4.78, 5) is 19.7. The summed E-state index contributed by atoms with van der Waals surface area (Å²) in [7, 11) is 0. The van der Waals surface area contributed by atoms with Crippen molar-refractivity contribution >= 4 is 29.6 Å². The minimum Gasteiger partial charge on any atom is -0.298 e. The lowest BCUT2D eigenvalue weighted by Gasteiger charge is -2.04. The average Bonchev–Trinajstić information content (AvgIpc) is 2.33. The lowest BCUT2D eigenvalue weighted by molar-refractivity contribution is 0.112. The first-order chi connectivity index (χ1) is 7.81. The van der Waals surface area contributed by atoms with Crippen molar-refractivity contribution in [3.05, 3.63) is 47.2 Å². The predicted molar refractivity (Wildman–Crippen MR) is 63.0 cm³/mol. The summed E-state index contributed by atoms with van der Waals surface area (Å²) < 4.78 is 0. The molecule has 0 aliphatic carbocycles. The molecule has 0 atom stereocenters. The van der Waals surface area contributed by atoms with Gasteiger partial charge in [0.05, 0.1) is 5.02 Å². The van der Waals surface area contributed by atoms with Crippen LogP contribution < -0.4 is 0 Å². The molecule has 1 aromatic carbocycles. The van der Waals surface area contributed by atoms with Gasteiger partial charge in [0, 0.05) is 22.9 Å². The second-order valence-corrected chi connectivity index (χ2v) is 4.29. The number of halogens is 1. The van der Waals surface area contributed by atoms with E-state index in [0.717, 1.165) is 6.29 Å². The summed E-state index contributed by atoms with van der Waals surface area (Å²) in [6.45, 7) is 0. The minimum absolute atomic E-state index is 0.530. The summed E-state index contributed by atoms with van der Waals surface area (Å²) in [6.07, 6.45) is 4.07. The Balaban J connectivity index is 2.38. The topological polar surface area (TPSA) is 42.9 Å². The molecule has 0 aliphatic rings. The maximum absolute atomic E-state index is 10.9. The molecule has 0 saturated carbocycles. The van der Waals surface area contributed by atoms with E-state index in [1.807, 2.05) is 0 Å². The molecule has 0 unspecified atom stereocenters. The van der Waals surface area contributed by atoms with Crippen LogP contribution in [-0.4, -0.2) is 16.3 Å². The molecule has 80 valence electrons. The van der Waals surface area contributed by atoms with E-state index in [1.54, 1.807) is 36.7 Å². The predicted octanol–water partition coefficient (Wildman–Crippen LogP) is 3.09. The number of aromatic nitrogens is 2. The molecule has 2 rings (SSSR count). The number of benzene rings is 1. The van der Waals surface area contributed by atoms with Gasteiger partial charge >= 0.3 is 0 Å². The second kappa shape index (κ2) is 5.09. The third-order valence-electron chi connectivity index (χ3n) is 1.86. The van der Waals surface area contributed by atoms with Gasteiger partial charge in [0.2, 0.25) is 0 Å². The Morgan fingerprint density at radius 1 is 1.19 bits per heavy atom. The van der Waals surface area contributed by atoms with Crippen molar-refractivity contribution in [1.29, 1.82) is 0 Å². The largest absolute Gasteiger partial charge is 0.298 e. The Labute approximate surface area is 102 Å². The van der Waals surface area contributed by atoms with Crippen LogP contribution in [0.15, 0.2) is 46.7 Å². The number of nitrogens with zero attached hydrogens (tertiary/aromatic N) is 2. The fourth-order valence-corrected chi connectivity index (χ4v) is 2.26. The molecule has 3 nitrogen and oxygen atoms in total. The highest BCUT2D eigenvalue weighted by Crippen LogP contribution is 2.33. The van der Waals surface area contributed by atoms with Crippen molar-refractivity contribution in [3.63, 3.8) is 0 Å². The third-order valence-corrected chi connectivity index (χ3v) is 3.34. The van der Waals surface area contributed by atoms with Gasteiger partial charge in [-0.1, -0.05) is 23.7 Å². The first-order valence-corrected chi connectivity index (χ1v) is 5.69. The first kappa shape index (κ1) is 11.1. The molecule has 0 amide bonds. The number of carbonyl (C=O) groups is 1. The number of hydrogen-bond donors (Lipinski definition) is 0. The van der Waals surface area contributed by atoms with Gasteiger partial charge in [0.15, 0.2) is 11.4 Å². The van der Waals surface area contributed by atoms with Crippen molar-refractivity contribution in [1.82, 2.24) is 9.97 Å². The molecule has 0 fully saturated rings. The monoisotopic (exact) mass is 250 g/mol. The Morgan fingerprint density at radius 3 is 2.62 bits per heavy atom. The highest BCUT2D eigenvalue weighted by atomic mass is 35.5. The molecule has 16 heavy (non-hydrogen) atoms. The first-order valence-electron chi connectivity index (χ1n) is 4.50. The van der Waals surface area contributed by atoms with Crippen LogP contribution in [0.25, 0.3) is 0 Å². The highest BCUT2D eigenvalue weighted by Gasteiger charge is 2.09. The molecule has 5 heteroatoms. The normalized spacial score (nSPS) is 10.1. The molecule has 1 heterocycles. The van der Waals surface area contributed by atoms with Gasteiger partial charge in [0.25, 0.3) is 0 Å². The molecule has 0 saturated heterocycles. The Bertz CT molecular complexity index is 505. The van der Waals surface area contributed by atoms with E-state index >= 15 is 0 Å². The summed E-state index contributed by atoms with van der Waals surface area (Å²) in [5.41, 5.74) is 0.546. The van der Waals surface area contributed by atoms with Gasteiger partial charge < -0.3 is 0 Å². The van der Waals surface area contributed by atoms with Gasteiger partial charge in [-0.3, -0.25) is 4.79 Å². The van der Waals surface area contributed by atoms with Gasteiger partial charge in [-0.25, -0.2) is 9.97 Å². The standard InChI is InChI=1S/C11H7ClN2OS/c12-9-4-1-3-8(7-15)10(9)16-11-13-5-2-6-14-11/h1-7H. The number of aldehydes is 1. The van der Waals surface area contributed by atoms with Crippen molar-refractivity contribution in [2.45, 2.75) is 10.1 Å². The van der Waals surface area contributed by atoms with Crippen molar-refractivity contribution in [3.8, 4) is 0 Å². The van der Waals surface area contributed by atoms with Crippen LogP contribution >= 0.6 is 23.4 Å².